The summed E-state index contributed by atoms with van der Waals surface area (Å²) in [5, 5.41) is 13.9. The average Bonchev–Trinajstić information content (AvgIpc) is 2.32. The molecule has 2 amide bonds. The van der Waals surface area contributed by atoms with Crippen molar-refractivity contribution in [2.45, 2.75) is 38.6 Å². The number of amides is 2. The Balaban J connectivity index is 3.99. The summed E-state index contributed by atoms with van der Waals surface area (Å²) in [7, 11) is 3.63. The lowest BCUT2D eigenvalue weighted by Gasteiger charge is -2.23. The minimum atomic E-state index is -0.929. The third kappa shape index (κ3) is 9.32. The summed E-state index contributed by atoms with van der Waals surface area (Å²) in [6, 6.07) is -0.277. The van der Waals surface area contributed by atoms with Crippen LogP contribution in [0.15, 0.2) is 0 Å². The molecule has 0 aliphatic carbocycles. The molecule has 0 fully saturated rings. The number of aliphatic carboxylic acids is 1. The maximum Gasteiger partial charge on any atom is 0.305 e. The molecule has 0 saturated carbocycles. The molecule has 0 aromatic carbocycles. The first kappa shape index (κ1) is 18.4. The number of carboxylic acids is 1. The maximum absolute atomic E-state index is 11.9. The van der Waals surface area contributed by atoms with Crippen molar-refractivity contribution in [2.75, 3.05) is 27.2 Å². The molecule has 0 bridgehead atoms. The second-order valence-electron chi connectivity index (χ2n) is 4.89. The van der Waals surface area contributed by atoms with Crippen LogP contribution in [0.2, 0.25) is 0 Å². The zero-order chi connectivity index (χ0) is 15.5. The summed E-state index contributed by atoms with van der Waals surface area (Å²) in [4.78, 5) is 34.8. The standard InChI is InChI=1S/C13H25N3O4/c1-10(17)14-8-5-4-6-11(16(2)3)13(20)15-9-7-12(18)19/h11H,4-9H2,1-3H3,(H,14,17)(H,15,20)(H,18,19)/i4+1,5+1,8+1,10+1,15+1. The predicted molar refractivity (Wildman–Crippen MR) is 75.3 cm³/mol. The van der Waals surface area contributed by atoms with E-state index in [2.05, 4.69) is 10.6 Å². The summed E-state index contributed by atoms with van der Waals surface area (Å²) in [5.74, 6) is -1.14. The van der Waals surface area contributed by atoms with Crippen molar-refractivity contribution in [3.63, 3.8) is 0 Å². The van der Waals surface area contributed by atoms with E-state index in [1.54, 1.807) is 0 Å². The Hall–Kier alpha value is -1.63. The lowest BCUT2D eigenvalue weighted by molar-refractivity contribution is -0.137. The molecular weight excluding hydrogens is 267 g/mol. The lowest BCUT2D eigenvalue weighted by Crippen LogP contribution is -2.44. The highest BCUT2D eigenvalue weighted by Crippen LogP contribution is 2.06. The van der Waals surface area contributed by atoms with Gasteiger partial charge in [0.1, 0.15) is 0 Å². The van der Waals surface area contributed by atoms with Crippen molar-refractivity contribution >= 4 is 17.8 Å². The number of nitrogens with one attached hydrogen (secondary N) is 2. The van der Waals surface area contributed by atoms with Crippen LogP contribution in [-0.4, -0.2) is 61.0 Å². The van der Waals surface area contributed by atoms with Gasteiger partial charge in [-0.15, -0.1) is 0 Å². The third-order valence-electron chi connectivity index (χ3n) is 2.84. The molecule has 0 spiro atoms. The molecule has 0 aromatic rings. The molecule has 3 N–H and O–H groups in total. The number of hydrogen-bond donors (Lipinski definition) is 3. The van der Waals surface area contributed by atoms with E-state index in [0.717, 1.165) is 12.8 Å². The Morgan fingerprint density at radius 3 is 2.25 bits per heavy atom. The molecule has 20 heavy (non-hydrogen) atoms. The zero-order valence-corrected chi connectivity index (χ0v) is 12.4. The van der Waals surface area contributed by atoms with Gasteiger partial charge in [0.05, 0.1) is 12.5 Å². The molecular formula is C13H25N3O4. The van der Waals surface area contributed by atoms with E-state index in [0.29, 0.717) is 13.0 Å². The monoisotopic (exact) mass is 292 g/mol. The first-order valence-corrected chi connectivity index (χ1v) is 6.75. The summed E-state index contributed by atoms with van der Waals surface area (Å²) < 4.78 is 0. The van der Waals surface area contributed by atoms with Gasteiger partial charge in [-0.05, 0) is 33.4 Å². The van der Waals surface area contributed by atoms with E-state index in [4.69, 9.17) is 5.11 Å². The van der Waals surface area contributed by atoms with Crippen molar-refractivity contribution in [1.29, 1.82) is 0 Å². The van der Waals surface area contributed by atoms with Gasteiger partial charge in [0, 0.05) is 20.0 Å². The fourth-order valence-corrected chi connectivity index (χ4v) is 1.76. The van der Waals surface area contributed by atoms with Crippen molar-refractivity contribution < 1.29 is 19.5 Å². The van der Waals surface area contributed by atoms with Crippen LogP contribution in [0.1, 0.15) is 32.6 Å². The van der Waals surface area contributed by atoms with E-state index < -0.39 is 5.97 Å². The van der Waals surface area contributed by atoms with Gasteiger partial charge in [-0.3, -0.25) is 19.3 Å². The average molecular weight is 292 g/mol. The highest BCUT2D eigenvalue weighted by Gasteiger charge is 2.19. The van der Waals surface area contributed by atoms with Crippen LogP contribution >= 0.6 is 0 Å². The van der Waals surface area contributed by atoms with Gasteiger partial charge in [-0.25, -0.2) is 0 Å². The number of nitrogens with zero attached hydrogens (tertiary/aromatic N) is 1. The van der Waals surface area contributed by atoms with Crippen LogP contribution in [0.5, 0.6) is 0 Å². The number of carbonyl (C=O) groups is 3. The molecule has 1 unspecified atom stereocenters. The number of rotatable bonds is 10. The van der Waals surface area contributed by atoms with Gasteiger partial charge in [-0.2, -0.15) is 0 Å². The SMILES string of the molecule is C[13C](=O)N[13CH2][13CH2][13CH2]CC(C(=O)[15NH]CCC(=O)O)N(C)C. The largest absolute Gasteiger partial charge is 0.481 e. The first-order chi connectivity index (χ1) is 9.34. The first-order valence-electron chi connectivity index (χ1n) is 6.75. The molecule has 0 heterocycles. The minimum Gasteiger partial charge on any atom is -0.481 e. The van der Waals surface area contributed by atoms with Gasteiger partial charge in [0.2, 0.25) is 11.8 Å². The molecule has 0 rings (SSSR count). The topological polar surface area (TPSA) is 98.7 Å². The fourth-order valence-electron chi connectivity index (χ4n) is 1.76. The van der Waals surface area contributed by atoms with Gasteiger partial charge < -0.3 is 15.7 Å². The van der Waals surface area contributed by atoms with Crippen LogP contribution in [0.25, 0.3) is 0 Å². The zero-order valence-electron chi connectivity index (χ0n) is 12.4. The fraction of sp³-hybridized carbons (Fsp3) is 0.769. The second-order valence-corrected chi connectivity index (χ2v) is 4.89. The number of likely N-dealkylation sites (N-methyl/N-ethyl adjacent to an activating group) is 1. The minimum absolute atomic E-state index is 0.0550. The van der Waals surface area contributed by atoms with Crippen molar-refractivity contribution in [1.82, 2.24) is 15.5 Å². The van der Waals surface area contributed by atoms with E-state index in [9.17, 15) is 14.4 Å². The maximum atomic E-state index is 11.9. The summed E-state index contributed by atoms with van der Waals surface area (Å²) in [6.07, 6.45) is 2.22. The Morgan fingerprint density at radius 1 is 1.10 bits per heavy atom. The normalized spacial score (nSPS) is 12.0. The molecule has 1 atom stereocenters. The van der Waals surface area contributed by atoms with Crippen LogP contribution < -0.4 is 10.6 Å². The Labute approximate surface area is 119 Å². The van der Waals surface area contributed by atoms with Crippen molar-refractivity contribution in [3.05, 3.63) is 0 Å². The molecule has 0 aliphatic heterocycles. The molecule has 7 nitrogen and oxygen atoms in total. The van der Waals surface area contributed by atoms with Gasteiger partial charge in [0.15, 0.2) is 0 Å². The highest BCUT2D eigenvalue weighted by atomic mass is 16.4. The molecule has 0 saturated heterocycles. The molecule has 0 radical (unpaired) electrons. The van der Waals surface area contributed by atoms with E-state index in [1.807, 2.05) is 19.0 Å². The number of unbranched alkanes of at least 4 members (excludes halogenated alkanes) is 1. The highest BCUT2D eigenvalue weighted by molar-refractivity contribution is 5.82. The van der Waals surface area contributed by atoms with Gasteiger partial charge in [0.25, 0.3) is 0 Å². The van der Waals surface area contributed by atoms with E-state index in [-0.39, 0.29) is 30.8 Å². The van der Waals surface area contributed by atoms with Crippen molar-refractivity contribution in [3.8, 4) is 0 Å². The number of carbonyl (C=O) groups excluding carboxylic acids is 2. The van der Waals surface area contributed by atoms with Crippen molar-refractivity contribution in [2.24, 2.45) is 0 Å². The van der Waals surface area contributed by atoms with E-state index >= 15 is 0 Å². The summed E-state index contributed by atoms with van der Waals surface area (Å²) in [6.45, 7) is 2.22. The quantitative estimate of drug-likeness (QED) is 0.294. The summed E-state index contributed by atoms with van der Waals surface area (Å²) >= 11 is 0. The molecule has 0 aromatic heterocycles. The van der Waals surface area contributed by atoms with Gasteiger partial charge in [-0.1, -0.05) is 0 Å². The lowest BCUT2D eigenvalue weighted by atomic mass is 10.2. The Bertz CT molecular complexity index is 332. The smallest absolute Gasteiger partial charge is 0.305 e. The Kier molecular flexibility index (Phi) is 9.36. The Morgan fingerprint density at radius 2 is 1.75 bits per heavy atom. The molecule has 7 heteroatoms. The molecule has 0 aliphatic rings. The van der Waals surface area contributed by atoms with Crippen LogP contribution in [0, 0.1) is 0 Å². The number of hydrogen-bond acceptors (Lipinski definition) is 4. The number of carboxylic acid groups (broad SMARTS) is 1. The van der Waals surface area contributed by atoms with Crippen LogP contribution in [0.3, 0.4) is 0 Å². The van der Waals surface area contributed by atoms with Crippen LogP contribution in [0.4, 0.5) is 0 Å². The predicted octanol–water partition coefficient (Wildman–Crippen LogP) is -0.186. The molecule has 116 valence electrons. The third-order valence-corrected chi connectivity index (χ3v) is 2.84. The van der Waals surface area contributed by atoms with E-state index in [1.165, 1.54) is 6.92 Å². The summed E-state index contributed by atoms with van der Waals surface area (Å²) in [5.41, 5.74) is 0. The van der Waals surface area contributed by atoms with Crippen LogP contribution in [-0.2, 0) is 14.4 Å². The second kappa shape index (κ2) is 10.2. The van der Waals surface area contributed by atoms with Gasteiger partial charge >= 0.3 is 5.97 Å².